The van der Waals surface area contributed by atoms with Crippen LogP contribution in [0.1, 0.15) is 30.1 Å². The van der Waals surface area contributed by atoms with E-state index in [0.717, 1.165) is 32.8 Å². The van der Waals surface area contributed by atoms with Crippen LogP contribution in [0.3, 0.4) is 0 Å². The summed E-state index contributed by atoms with van der Waals surface area (Å²) in [4.78, 5) is 6.78. The lowest BCUT2D eigenvalue weighted by Gasteiger charge is -2.32. The van der Waals surface area contributed by atoms with Crippen molar-refractivity contribution in [2.24, 2.45) is 0 Å². The maximum atomic E-state index is 5.15. The van der Waals surface area contributed by atoms with Gasteiger partial charge in [-0.1, -0.05) is 0 Å². The Morgan fingerprint density at radius 3 is 3.24 bits per heavy atom. The van der Waals surface area contributed by atoms with E-state index in [9.17, 15) is 0 Å². The van der Waals surface area contributed by atoms with Crippen LogP contribution < -0.4 is 0 Å². The summed E-state index contributed by atoms with van der Waals surface area (Å²) >= 11 is 0. The molecule has 0 aromatic carbocycles. The predicted molar refractivity (Wildman–Crippen MR) is 79.9 cm³/mol. The van der Waals surface area contributed by atoms with Crippen molar-refractivity contribution in [3.63, 3.8) is 0 Å². The summed E-state index contributed by atoms with van der Waals surface area (Å²) in [5.41, 5.74) is 2.52. The number of nitrogens with zero attached hydrogens (tertiary/aromatic N) is 4. The van der Waals surface area contributed by atoms with Crippen molar-refractivity contribution in [2.75, 3.05) is 26.8 Å². The van der Waals surface area contributed by atoms with Crippen LogP contribution in [-0.4, -0.2) is 51.5 Å². The second-order valence-corrected chi connectivity index (χ2v) is 5.66. The highest BCUT2D eigenvalue weighted by molar-refractivity contribution is 5.08. The Bertz CT molecular complexity index is 536. The summed E-state index contributed by atoms with van der Waals surface area (Å²) in [6.07, 6.45) is 8.17. The second-order valence-electron chi connectivity index (χ2n) is 5.66. The third-order valence-corrected chi connectivity index (χ3v) is 4.19. The normalized spacial score (nSPS) is 20.0. The maximum Gasteiger partial charge on any atom is 0.0949 e. The zero-order valence-electron chi connectivity index (χ0n) is 12.5. The standard InChI is InChI=1S/C15H23N5O/c1-21-8-7-20-12-16-9-14(20)11-19-6-2-3-13(10-19)15-4-5-17-18-15/h4-5,9,12-13H,2-3,6-8,10-11H2,1H3,(H,17,18)/t13-/m1/s1. The minimum atomic E-state index is 0.566. The number of nitrogens with one attached hydrogen (secondary N) is 1. The molecule has 1 fully saturated rings. The molecule has 114 valence electrons. The average Bonchev–Trinajstić information content (AvgIpc) is 3.17. The molecule has 6 heteroatoms. The number of methoxy groups -OCH3 is 1. The molecule has 6 nitrogen and oxygen atoms in total. The zero-order valence-corrected chi connectivity index (χ0v) is 12.5. The Balaban J connectivity index is 1.61. The molecule has 2 aromatic heterocycles. The molecule has 1 aliphatic heterocycles. The van der Waals surface area contributed by atoms with Crippen LogP contribution in [0.4, 0.5) is 0 Å². The van der Waals surface area contributed by atoms with E-state index < -0.39 is 0 Å². The quantitative estimate of drug-likeness (QED) is 0.878. The van der Waals surface area contributed by atoms with E-state index in [2.05, 4.69) is 30.7 Å². The number of aromatic amines is 1. The van der Waals surface area contributed by atoms with Gasteiger partial charge in [0.1, 0.15) is 0 Å². The molecule has 0 spiro atoms. The Kier molecular flexibility index (Phi) is 4.67. The number of hydrogen-bond acceptors (Lipinski definition) is 4. The molecule has 1 N–H and O–H groups in total. The lowest BCUT2D eigenvalue weighted by atomic mass is 9.95. The highest BCUT2D eigenvalue weighted by Gasteiger charge is 2.22. The first kappa shape index (κ1) is 14.3. The van der Waals surface area contributed by atoms with Gasteiger partial charge < -0.3 is 9.30 Å². The third kappa shape index (κ3) is 3.51. The Morgan fingerprint density at radius 1 is 1.48 bits per heavy atom. The topological polar surface area (TPSA) is 59.0 Å². The smallest absolute Gasteiger partial charge is 0.0949 e. The highest BCUT2D eigenvalue weighted by Crippen LogP contribution is 2.26. The van der Waals surface area contributed by atoms with Gasteiger partial charge in [0.15, 0.2) is 0 Å². The Labute approximate surface area is 125 Å². The minimum absolute atomic E-state index is 0.566. The summed E-state index contributed by atoms with van der Waals surface area (Å²) in [5.74, 6) is 0.566. The molecule has 1 atom stereocenters. The first-order chi connectivity index (χ1) is 10.4. The van der Waals surface area contributed by atoms with Crippen LogP contribution in [-0.2, 0) is 17.8 Å². The number of aromatic nitrogens is 4. The molecular formula is C15H23N5O. The Hall–Kier alpha value is -1.66. The van der Waals surface area contributed by atoms with Crippen LogP contribution in [0.2, 0.25) is 0 Å². The molecule has 0 unspecified atom stereocenters. The van der Waals surface area contributed by atoms with Gasteiger partial charge in [-0.25, -0.2) is 4.98 Å². The molecular weight excluding hydrogens is 266 g/mol. The van der Waals surface area contributed by atoms with Gasteiger partial charge in [-0.2, -0.15) is 5.10 Å². The van der Waals surface area contributed by atoms with Crippen molar-refractivity contribution in [1.29, 1.82) is 0 Å². The monoisotopic (exact) mass is 289 g/mol. The zero-order chi connectivity index (χ0) is 14.5. The van der Waals surface area contributed by atoms with Gasteiger partial charge in [0.25, 0.3) is 0 Å². The fraction of sp³-hybridized carbons (Fsp3) is 0.600. The summed E-state index contributed by atoms with van der Waals surface area (Å²) in [5, 5.41) is 7.19. The van der Waals surface area contributed by atoms with E-state index in [1.54, 1.807) is 7.11 Å². The number of piperidine rings is 1. The van der Waals surface area contributed by atoms with E-state index in [4.69, 9.17) is 4.74 Å². The average molecular weight is 289 g/mol. The number of imidazole rings is 1. The van der Waals surface area contributed by atoms with Crippen molar-refractivity contribution in [3.8, 4) is 0 Å². The van der Waals surface area contributed by atoms with Gasteiger partial charge in [0.2, 0.25) is 0 Å². The van der Waals surface area contributed by atoms with Crippen molar-refractivity contribution in [1.82, 2.24) is 24.6 Å². The lowest BCUT2D eigenvalue weighted by molar-refractivity contribution is 0.177. The largest absolute Gasteiger partial charge is 0.383 e. The molecule has 21 heavy (non-hydrogen) atoms. The SMILES string of the molecule is COCCn1cncc1CN1CCC[C@@H](c2ccn[nH]2)C1. The highest BCUT2D eigenvalue weighted by atomic mass is 16.5. The molecule has 0 saturated carbocycles. The number of likely N-dealkylation sites (tertiary alicyclic amines) is 1. The lowest BCUT2D eigenvalue weighted by Crippen LogP contribution is -2.34. The molecule has 1 aliphatic rings. The molecule has 2 aromatic rings. The van der Waals surface area contributed by atoms with E-state index >= 15 is 0 Å². The number of H-pyrrole nitrogens is 1. The molecule has 0 radical (unpaired) electrons. The predicted octanol–water partition coefficient (Wildman–Crippen LogP) is 1.63. The van der Waals surface area contributed by atoms with Gasteiger partial charge in [0, 0.05) is 50.7 Å². The van der Waals surface area contributed by atoms with Crippen LogP contribution >= 0.6 is 0 Å². The molecule has 1 saturated heterocycles. The first-order valence-electron chi connectivity index (χ1n) is 7.56. The first-order valence-corrected chi connectivity index (χ1v) is 7.56. The van der Waals surface area contributed by atoms with E-state index in [0.29, 0.717) is 5.92 Å². The Morgan fingerprint density at radius 2 is 2.43 bits per heavy atom. The second kappa shape index (κ2) is 6.87. The van der Waals surface area contributed by atoms with Crippen LogP contribution in [0.5, 0.6) is 0 Å². The third-order valence-electron chi connectivity index (χ3n) is 4.19. The summed E-state index contributed by atoms with van der Waals surface area (Å²) in [6, 6.07) is 2.09. The fourth-order valence-electron chi connectivity index (χ4n) is 3.05. The number of hydrogen-bond donors (Lipinski definition) is 1. The summed E-state index contributed by atoms with van der Waals surface area (Å²) in [7, 11) is 1.73. The van der Waals surface area contributed by atoms with Gasteiger partial charge >= 0.3 is 0 Å². The van der Waals surface area contributed by atoms with Crippen LogP contribution in [0, 0.1) is 0 Å². The van der Waals surface area contributed by atoms with E-state index in [-0.39, 0.29) is 0 Å². The van der Waals surface area contributed by atoms with Crippen LogP contribution in [0.25, 0.3) is 0 Å². The number of rotatable bonds is 6. The van der Waals surface area contributed by atoms with Crippen molar-refractivity contribution in [2.45, 2.75) is 31.8 Å². The molecule has 0 amide bonds. The van der Waals surface area contributed by atoms with Crippen LogP contribution in [0.15, 0.2) is 24.8 Å². The van der Waals surface area contributed by atoms with Gasteiger partial charge in [-0.3, -0.25) is 10.00 Å². The molecule has 0 bridgehead atoms. The molecule has 3 heterocycles. The maximum absolute atomic E-state index is 5.15. The van der Waals surface area contributed by atoms with Crippen molar-refractivity contribution >= 4 is 0 Å². The number of ether oxygens (including phenoxy) is 1. The van der Waals surface area contributed by atoms with Gasteiger partial charge in [-0.15, -0.1) is 0 Å². The van der Waals surface area contributed by atoms with Gasteiger partial charge in [-0.05, 0) is 25.5 Å². The van der Waals surface area contributed by atoms with Crippen molar-refractivity contribution in [3.05, 3.63) is 36.2 Å². The van der Waals surface area contributed by atoms with E-state index in [1.807, 2.05) is 18.7 Å². The van der Waals surface area contributed by atoms with Gasteiger partial charge in [0.05, 0.1) is 18.6 Å². The molecule has 0 aliphatic carbocycles. The summed E-state index contributed by atoms with van der Waals surface area (Å²) in [6.45, 7) is 4.77. The minimum Gasteiger partial charge on any atom is -0.383 e. The summed E-state index contributed by atoms with van der Waals surface area (Å²) < 4.78 is 7.34. The fourth-order valence-corrected chi connectivity index (χ4v) is 3.05. The van der Waals surface area contributed by atoms with E-state index in [1.165, 1.54) is 24.2 Å². The van der Waals surface area contributed by atoms with Crippen molar-refractivity contribution < 1.29 is 4.74 Å². The molecule has 3 rings (SSSR count).